The number of hydrogen-bond donors (Lipinski definition) is 0. The van der Waals surface area contributed by atoms with Crippen LogP contribution in [-0.4, -0.2) is 367 Å². The molecule has 0 aromatic rings. The third kappa shape index (κ3) is 25.3. The maximum Gasteiger partial charge on any atom is 0.409 e. The van der Waals surface area contributed by atoms with E-state index < -0.39 is 0 Å². The molecular formula is C95H183N15O6. The zero-order chi connectivity index (χ0) is 85.2. The van der Waals surface area contributed by atoms with Gasteiger partial charge in [-0.05, 0) is 346 Å². The van der Waals surface area contributed by atoms with Gasteiger partial charge in [0.05, 0.1) is 13.7 Å². The van der Waals surface area contributed by atoms with Gasteiger partial charge in [-0.25, -0.2) is 14.4 Å². The maximum atomic E-state index is 11.9. The Labute approximate surface area is 712 Å². The van der Waals surface area contributed by atoms with Gasteiger partial charge in [-0.3, -0.25) is 39.1 Å². The van der Waals surface area contributed by atoms with Gasteiger partial charge in [0.1, 0.15) is 0 Å². The molecule has 14 heterocycles. The van der Waals surface area contributed by atoms with Crippen molar-refractivity contribution in [1.82, 2.24) is 73.5 Å². The Hall–Kier alpha value is -3.12. The lowest BCUT2D eigenvalue weighted by Crippen LogP contribution is -2.65. The SMILES string of the molecule is C.CC(=O)N1CCC2(CC1)CN(C(C)(C)C)C2.CC(C)(C)N1CC2(CCN(C3CCC3)CC2)C1.CCN1CCC2(CC1)CN(C(C)(C)C)C2.CCOC(=O)N1CCC2(CC1)CN(C(C)(C)C)C2.CN(C)C(=O)N1CCC2(CC1)CN(C(C)(C)C)C2.CN1CCC2(CC1)CN(C(C)(C)C)C2.COC(=O)N1CCC2(CC1)CN(C(C)(C)C)C2. The van der Waals surface area contributed by atoms with E-state index >= 15 is 0 Å². The Kier molecular flexibility index (Phi) is 32.3. The molecule has 0 N–H and O–H groups in total. The van der Waals surface area contributed by atoms with Crippen molar-refractivity contribution in [2.75, 3.05) is 225 Å². The largest absolute Gasteiger partial charge is 0.453 e. The highest BCUT2D eigenvalue weighted by atomic mass is 16.6. The van der Waals surface area contributed by atoms with E-state index in [1.165, 1.54) is 228 Å². The highest BCUT2D eigenvalue weighted by molar-refractivity contribution is 5.74. The van der Waals surface area contributed by atoms with Crippen LogP contribution in [0.4, 0.5) is 14.4 Å². The van der Waals surface area contributed by atoms with Crippen LogP contribution in [0.3, 0.4) is 0 Å². The molecule has 674 valence electrons. The van der Waals surface area contributed by atoms with E-state index in [-0.39, 0.29) is 42.6 Å². The molecule has 15 fully saturated rings. The first-order chi connectivity index (χ1) is 53.1. The van der Waals surface area contributed by atoms with Crippen molar-refractivity contribution in [3.05, 3.63) is 0 Å². The van der Waals surface area contributed by atoms with Gasteiger partial charge in [-0.2, -0.15) is 0 Å². The summed E-state index contributed by atoms with van der Waals surface area (Å²) in [6, 6.07) is 1.13. The molecule has 0 unspecified atom stereocenters. The second-order valence-electron chi connectivity index (χ2n) is 47.4. The molecule has 14 saturated heterocycles. The molecule has 14 aliphatic heterocycles. The molecule has 0 radical (unpaired) electrons. The second-order valence-corrected chi connectivity index (χ2v) is 47.4. The minimum absolute atomic E-state index is 0. The minimum Gasteiger partial charge on any atom is -0.453 e. The lowest BCUT2D eigenvalue weighted by Gasteiger charge is -2.59. The summed E-state index contributed by atoms with van der Waals surface area (Å²) in [5.41, 5.74) is 6.37. The van der Waals surface area contributed by atoms with Crippen molar-refractivity contribution in [3.63, 3.8) is 0 Å². The number of ether oxygens (including phenoxy) is 2. The van der Waals surface area contributed by atoms with Gasteiger partial charge in [0, 0.05) is 210 Å². The normalized spacial score (nSPS) is 26.3. The number of hydrogen-bond acceptors (Lipinski definition) is 16. The molecule has 0 atom stereocenters. The van der Waals surface area contributed by atoms with Crippen LogP contribution in [0.5, 0.6) is 0 Å². The smallest absolute Gasteiger partial charge is 0.409 e. The zero-order valence-corrected chi connectivity index (χ0v) is 80.0. The summed E-state index contributed by atoms with van der Waals surface area (Å²) in [7, 11) is 7.36. The summed E-state index contributed by atoms with van der Waals surface area (Å²) in [4.78, 5) is 81.4. The monoisotopic (exact) mass is 1630 g/mol. The minimum atomic E-state index is -0.174. The van der Waals surface area contributed by atoms with Gasteiger partial charge in [-0.1, -0.05) is 20.8 Å². The first kappa shape index (κ1) is 98.3. The van der Waals surface area contributed by atoms with E-state index in [1.807, 2.05) is 40.6 Å². The van der Waals surface area contributed by atoms with Crippen LogP contribution in [-0.2, 0) is 14.3 Å². The fraction of sp³-hybridized carbons (Fsp3) is 0.958. The molecule has 0 aromatic carbocycles. The molecule has 15 aliphatic rings. The Balaban J connectivity index is 0.000000169. The summed E-state index contributed by atoms with van der Waals surface area (Å²) >= 11 is 0. The number of nitrogens with zero attached hydrogens (tertiary/aromatic N) is 15. The van der Waals surface area contributed by atoms with Crippen molar-refractivity contribution in [2.45, 2.75) is 328 Å². The Morgan fingerprint density at radius 1 is 0.345 bits per heavy atom. The van der Waals surface area contributed by atoms with Crippen molar-refractivity contribution < 1.29 is 28.7 Å². The molecule has 7 spiro atoms. The first-order valence-corrected chi connectivity index (χ1v) is 46.5. The Morgan fingerprint density at radius 3 is 0.793 bits per heavy atom. The van der Waals surface area contributed by atoms with Crippen LogP contribution in [0.1, 0.15) is 283 Å². The standard InChI is InChI=1S/C15H28N2.C14H27N3O.C14H26N2O2.C13H24N2O2.C13H24N2O.C13H26N2.C12H24N2.CH4/c1-14(2,3)17-11-15(12-17)7-9-16(10-8-15)13-5-4-6-13;1-13(2,3)17-10-14(11-17)6-8-16(9-7-14)12(18)15(4)5;1-5-18-12(17)15-8-6-14(7-9-15)10-16(11-14)13(2,3)4;1-12(2,3)15-9-13(10-15)5-7-14(8-6-13)11(16)17-4;1-11(16)14-7-5-13(6-8-14)9-15(10-13)12(2,3)4;1-5-14-8-6-13(7-9-14)10-15(11-13)12(2,3)4;1-11(2,3)14-9-12(10-14)5-7-13(4)8-6-12;/h13H,4-12H2,1-3H3;6-11H2,1-5H3;5-11H2,1-4H3;5-10H2,1-4H3;5-10H2,1-4H3;5-11H2,1-4H3;5-10H2,1-4H3;1H4. The lowest BCUT2D eigenvalue weighted by molar-refractivity contribution is -0.136. The number of carbonyl (C=O) groups is 4. The number of methoxy groups -OCH3 is 1. The van der Waals surface area contributed by atoms with Gasteiger partial charge in [0.25, 0.3) is 0 Å². The summed E-state index contributed by atoms with van der Waals surface area (Å²) < 4.78 is 9.81. The summed E-state index contributed by atoms with van der Waals surface area (Å²) in [5, 5.41) is 0. The zero-order valence-electron chi connectivity index (χ0n) is 80.0. The van der Waals surface area contributed by atoms with Gasteiger partial charge < -0.3 is 48.7 Å². The van der Waals surface area contributed by atoms with E-state index in [9.17, 15) is 19.2 Å². The number of urea groups is 1. The van der Waals surface area contributed by atoms with Crippen molar-refractivity contribution in [3.8, 4) is 0 Å². The molecule has 0 bridgehead atoms. The predicted octanol–water partition coefficient (Wildman–Crippen LogP) is 15.3. The molecule has 116 heavy (non-hydrogen) atoms. The van der Waals surface area contributed by atoms with Crippen LogP contribution in [0.25, 0.3) is 0 Å². The van der Waals surface area contributed by atoms with Crippen LogP contribution < -0.4 is 0 Å². The van der Waals surface area contributed by atoms with Crippen molar-refractivity contribution >= 4 is 24.1 Å². The molecule has 15 rings (SSSR count). The van der Waals surface area contributed by atoms with Gasteiger partial charge >= 0.3 is 18.2 Å². The highest BCUT2D eigenvalue weighted by Gasteiger charge is 2.55. The van der Waals surface area contributed by atoms with E-state index in [4.69, 9.17) is 9.47 Å². The fourth-order valence-electron chi connectivity index (χ4n) is 20.9. The summed E-state index contributed by atoms with van der Waals surface area (Å²) in [6.45, 7) is 88.8. The highest BCUT2D eigenvalue weighted by Crippen LogP contribution is 2.50. The van der Waals surface area contributed by atoms with E-state index in [0.717, 1.165) is 84.1 Å². The van der Waals surface area contributed by atoms with E-state index in [2.05, 4.69) is 208 Å². The quantitative estimate of drug-likeness (QED) is 0.265. The number of carbonyl (C=O) groups excluding carboxylic acids is 4. The van der Waals surface area contributed by atoms with Gasteiger partial charge in [0.15, 0.2) is 0 Å². The van der Waals surface area contributed by atoms with Crippen LogP contribution in [0.2, 0.25) is 0 Å². The predicted molar refractivity (Wildman–Crippen MR) is 482 cm³/mol. The fourth-order valence-corrected chi connectivity index (χ4v) is 20.9. The van der Waals surface area contributed by atoms with Gasteiger partial charge in [-0.15, -0.1) is 0 Å². The Morgan fingerprint density at radius 2 is 0.578 bits per heavy atom. The maximum absolute atomic E-state index is 11.9. The Bertz CT molecular complexity index is 3030. The molecule has 0 aromatic heterocycles. The molecule has 5 amide bonds. The molecule has 1 saturated carbocycles. The topological polar surface area (TPSA) is 135 Å². The summed E-state index contributed by atoms with van der Waals surface area (Å²) in [6.07, 6.45) is 21.9. The summed E-state index contributed by atoms with van der Waals surface area (Å²) in [5.74, 6) is 0.238. The first-order valence-electron chi connectivity index (χ1n) is 46.5. The second kappa shape index (κ2) is 38.2. The molecular weight excluding hydrogens is 1450 g/mol. The van der Waals surface area contributed by atoms with Crippen LogP contribution in [0, 0.1) is 37.9 Å². The number of piperidine rings is 7. The molecule has 1 aliphatic carbocycles. The van der Waals surface area contributed by atoms with Crippen LogP contribution in [0.15, 0.2) is 0 Å². The van der Waals surface area contributed by atoms with E-state index in [1.54, 1.807) is 11.8 Å². The average molecular weight is 1630 g/mol. The molecule has 21 heteroatoms. The average Bonchev–Trinajstić information content (AvgIpc) is 0.794. The number of likely N-dealkylation sites (tertiary alicyclic amines) is 14. The molecule has 21 nitrogen and oxygen atoms in total. The number of rotatable bonds is 3. The van der Waals surface area contributed by atoms with Crippen LogP contribution >= 0.6 is 0 Å². The van der Waals surface area contributed by atoms with E-state index in [0.29, 0.717) is 72.2 Å². The number of amides is 5. The van der Waals surface area contributed by atoms with Crippen molar-refractivity contribution in [1.29, 1.82) is 0 Å². The third-order valence-electron chi connectivity index (χ3n) is 31.2. The lowest BCUT2D eigenvalue weighted by atomic mass is 9.69. The van der Waals surface area contributed by atoms with Gasteiger partial charge in [0.2, 0.25) is 5.91 Å². The third-order valence-corrected chi connectivity index (χ3v) is 31.2. The van der Waals surface area contributed by atoms with Crippen molar-refractivity contribution in [2.24, 2.45) is 37.9 Å².